The zero-order valence-electron chi connectivity index (χ0n) is 6.29. The number of alkyl halides is 1. The van der Waals surface area contributed by atoms with Gasteiger partial charge >= 0.3 is 0 Å². The van der Waals surface area contributed by atoms with E-state index in [9.17, 15) is 4.79 Å². The van der Waals surface area contributed by atoms with Crippen molar-refractivity contribution in [1.82, 2.24) is 9.55 Å². The molecule has 0 unspecified atom stereocenters. The number of aromatic nitrogens is 2. The fourth-order valence-corrected chi connectivity index (χ4v) is 2.26. The normalized spacial score (nSPS) is 14.8. The highest BCUT2D eigenvalue weighted by molar-refractivity contribution is 7.99. The Bertz CT molecular complexity index is 363. The van der Waals surface area contributed by atoms with Crippen molar-refractivity contribution < 1.29 is 0 Å². The molecule has 0 N–H and O–H groups in total. The van der Waals surface area contributed by atoms with E-state index >= 15 is 0 Å². The molecule has 0 spiro atoms. The third kappa shape index (κ3) is 1.25. The van der Waals surface area contributed by atoms with Crippen LogP contribution in [0.5, 0.6) is 0 Å². The summed E-state index contributed by atoms with van der Waals surface area (Å²) in [5, 5.41) is 0.804. The van der Waals surface area contributed by atoms with Crippen molar-refractivity contribution in [3.63, 3.8) is 0 Å². The lowest BCUT2D eigenvalue weighted by atomic mass is 10.4. The van der Waals surface area contributed by atoms with Crippen LogP contribution in [0.2, 0.25) is 0 Å². The molecule has 0 aliphatic carbocycles. The monoisotopic (exact) mass is 202 g/mol. The maximum absolute atomic E-state index is 11.3. The van der Waals surface area contributed by atoms with Crippen molar-refractivity contribution >= 4 is 23.4 Å². The number of nitrogens with zero attached hydrogens (tertiary/aromatic N) is 2. The third-order valence-corrected chi connectivity index (χ3v) is 2.94. The molecule has 0 atom stereocenters. The van der Waals surface area contributed by atoms with Crippen molar-refractivity contribution in [3.8, 4) is 0 Å². The number of hydrogen-bond acceptors (Lipinski definition) is 3. The molecule has 0 radical (unpaired) electrons. The SMILES string of the molecule is O=c1cc(CCl)nc2n1CCS2. The molecule has 3 nitrogen and oxygen atoms in total. The lowest BCUT2D eigenvalue weighted by Gasteiger charge is -2.00. The summed E-state index contributed by atoms with van der Waals surface area (Å²) in [6.45, 7) is 0.772. The summed E-state index contributed by atoms with van der Waals surface area (Å²) in [6, 6.07) is 1.50. The van der Waals surface area contributed by atoms with Gasteiger partial charge in [-0.2, -0.15) is 0 Å². The molecule has 2 heterocycles. The van der Waals surface area contributed by atoms with E-state index in [1.807, 2.05) is 0 Å². The van der Waals surface area contributed by atoms with E-state index in [-0.39, 0.29) is 5.56 Å². The highest BCUT2D eigenvalue weighted by atomic mass is 35.5. The summed E-state index contributed by atoms with van der Waals surface area (Å²) in [6.07, 6.45) is 0. The second-order valence-corrected chi connectivity index (χ2v) is 3.83. The van der Waals surface area contributed by atoms with E-state index in [1.54, 1.807) is 16.3 Å². The number of thioether (sulfide) groups is 1. The first-order valence-electron chi connectivity index (χ1n) is 3.61. The maximum atomic E-state index is 11.3. The minimum Gasteiger partial charge on any atom is -0.287 e. The predicted molar refractivity (Wildman–Crippen MR) is 48.8 cm³/mol. The summed E-state index contributed by atoms with van der Waals surface area (Å²) in [4.78, 5) is 15.6. The maximum Gasteiger partial charge on any atom is 0.254 e. The molecule has 0 aromatic carbocycles. The molecular weight excluding hydrogens is 196 g/mol. The molecule has 2 rings (SSSR count). The van der Waals surface area contributed by atoms with Crippen LogP contribution in [0.25, 0.3) is 0 Å². The molecule has 12 heavy (non-hydrogen) atoms. The molecule has 1 aromatic rings. The summed E-state index contributed by atoms with van der Waals surface area (Å²) in [5.74, 6) is 1.25. The summed E-state index contributed by atoms with van der Waals surface area (Å²) >= 11 is 7.19. The lowest BCUT2D eigenvalue weighted by Crippen LogP contribution is -2.20. The fraction of sp³-hybridized carbons (Fsp3) is 0.429. The van der Waals surface area contributed by atoms with Crippen LogP contribution in [0, 0.1) is 0 Å². The van der Waals surface area contributed by atoms with Crippen LogP contribution in [-0.2, 0) is 12.4 Å². The zero-order valence-corrected chi connectivity index (χ0v) is 7.86. The van der Waals surface area contributed by atoms with Crippen molar-refractivity contribution in [1.29, 1.82) is 0 Å². The molecule has 1 aliphatic heterocycles. The van der Waals surface area contributed by atoms with Gasteiger partial charge in [-0.25, -0.2) is 4.98 Å². The molecular formula is C7H7ClN2OS. The molecule has 0 saturated carbocycles. The van der Waals surface area contributed by atoms with E-state index in [0.29, 0.717) is 11.6 Å². The Balaban J connectivity index is 2.59. The first-order chi connectivity index (χ1) is 5.81. The summed E-state index contributed by atoms with van der Waals surface area (Å²) in [5.41, 5.74) is 0.683. The van der Waals surface area contributed by atoms with Gasteiger partial charge in [0.2, 0.25) is 0 Å². The van der Waals surface area contributed by atoms with Gasteiger partial charge in [0.15, 0.2) is 5.16 Å². The Labute approximate surface area is 78.8 Å². The minimum absolute atomic E-state index is 0.0145. The zero-order chi connectivity index (χ0) is 8.55. The molecule has 64 valence electrons. The first kappa shape index (κ1) is 8.13. The Morgan fingerprint density at radius 3 is 3.33 bits per heavy atom. The average molecular weight is 203 g/mol. The van der Waals surface area contributed by atoms with Gasteiger partial charge in [-0.1, -0.05) is 11.8 Å². The summed E-state index contributed by atoms with van der Waals surface area (Å²) < 4.78 is 1.68. The number of fused-ring (bicyclic) bond motifs is 1. The molecule has 0 amide bonds. The second-order valence-electron chi connectivity index (χ2n) is 2.50. The molecule has 1 aliphatic rings. The van der Waals surface area contributed by atoms with Gasteiger partial charge in [-0.05, 0) is 0 Å². The lowest BCUT2D eigenvalue weighted by molar-refractivity contribution is 0.648. The summed E-state index contributed by atoms with van der Waals surface area (Å²) in [7, 11) is 0. The Kier molecular flexibility index (Phi) is 2.11. The van der Waals surface area contributed by atoms with Gasteiger partial charge in [0, 0.05) is 18.4 Å². The van der Waals surface area contributed by atoms with Crippen molar-refractivity contribution in [2.75, 3.05) is 5.75 Å². The van der Waals surface area contributed by atoms with Crippen molar-refractivity contribution in [2.24, 2.45) is 0 Å². The Hall–Kier alpha value is -0.480. The molecule has 1 aromatic heterocycles. The van der Waals surface area contributed by atoms with Gasteiger partial charge < -0.3 is 0 Å². The molecule has 0 saturated heterocycles. The first-order valence-corrected chi connectivity index (χ1v) is 5.13. The second kappa shape index (κ2) is 3.11. The van der Waals surface area contributed by atoms with Crippen LogP contribution in [0.15, 0.2) is 16.0 Å². The Morgan fingerprint density at radius 1 is 1.75 bits per heavy atom. The predicted octanol–water partition coefficient (Wildman–Crippen LogP) is 1.09. The van der Waals surface area contributed by atoms with E-state index < -0.39 is 0 Å². The number of hydrogen-bond donors (Lipinski definition) is 0. The van der Waals surface area contributed by atoms with Crippen LogP contribution in [-0.4, -0.2) is 15.3 Å². The van der Waals surface area contributed by atoms with Crippen molar-refractivity contribution in [3.05, 3.63) is 22.1 Å². The average Bonchev–Trinajstić information content (AvgIpc) is 2.52. The fourth-order valence-electron chi connectivity index (χ4n) is 1.14. The third-order valence-electron chi connectivity index (χ3n) is 1.71. The van der Waals surface area contributed by atoms with E-state index in [1.165, 1.54) is 6.07 Å². The largest absolute Gasteiger partial charge is 0.287 e. The highest BCUT2D eigenvalue weighted by Crippen LogP contribution is 2.21. The van der Waals surface area contributed by atoms with Crippen LogP contribution in [0.3, 0.4) is 0 Å². The van der Waals surface area contributed by atoms with E-state index in [0.717, 1.165) is 17.5 Å². The minimum atomic E-state index is 0.0145. The highest BCUT2D eigenvalue weighted by Gasteiger charge is 2.14. The van der Waals surface area contributed by atoms with Crippen LogP contribution in [0.4, 0.5) is 0 Å². The van der Waals surface area contributed by atoms with Crippen LogP contribution >= 0.6 is 23.4 Å². The topological polar surface area (TPSA) is 34.9 Å². The van der Waals surface area contributed by atoms with Crippen molar-refractivity contribution in [2.45, 2.75) is 17.6 Å². The van der Waals surface area contributed by atoms with Gasteiger partial charge in [-0.3, -0.25) is 9.36 Å². The van der Waals surface area contributed by atoms with E-state index in [4.69, 9.17) is 11.6 Å². The smallest absolute Gasteiger partial charge is 0.254 e. The van der Waals surface area contributed by atoms with Crippen LogP contribution < -0.4 is 5.56 Å². The van der Waals surface area contributed by atoms with Gasteiger partial charge in [-0.15, -0.1) is 11.6 Å². The number of rotatable bonds is 1. The molecule has 5 heteroatoms. The van der Waals surface area contributed by atoms with Gasteiger partial charge in [0.05, 0.1) is 11.6 Å². The molecule has 0 bridgehead atoms. The standard InChI is InChI=1S/C7H7ClN2OS/c8-4-5-3-6(11)10-1-2-12-7(10)9-5/h3H,1-2,4H2. The van der Waals surface area contributed by atoms with Crippen LogP contribution in [0.1, 0.15) is 5.69 Å². The quantitative estimate of drug-likeness (QED) is 0.505. The molecule has 0 fully saturated rings. The van der Waals surface area contributed by atoms with Gasteiger partial charge in [0.1, 0.15) is 0 Å². The number of halogens is 1. The Morgan fingerprint density at radius 2 is 2.58 bits per heavy atom. The van der Waals surface area contributed by atoms with Gasteiger partial charge in [0.25, 0.3) is 5.56 Å². The van der Waals surface area contributed by atoms with E-state index in [2.05, 4.69) is 4.98 Å².